The normalized spacial score (nSPS) is 17.1. The third-order valence-electron chi connectivity index (χ3n) is 3.51. The number of aromatic nitrogens is 2. The Labute approximate surface area is 119 Å². The highest BCUT2D eigenvalue weighted by molar-refractivity contribution is 5.76. The first-order chi connectivity index (χ1) is 9.69. The summed E-state index contributed by atoms with van der Waals surface area (Å²) in [6.45, 7) is 5.40. The Morgan fingerprint density at radius 3 is 2.95 bits per heavy atom. The molecule has 1 aliphatic heterocycles. The van der Waals surface area contributed by atoms with E-state index in [1.54, 1.807) is 24.1 Å². The van der Waals surface area contributed by atoms with Gasteiger partial charge in [-0.25, -0.2) is 0 Å². The number of rotatable bonds is 5. The average molecular weight is 281 g/mol. The van der Waals surface area contributed by atoms with Crippen LogP contribution in [0.2, 0.25) is 0 Å². The van der Waals surface area contributed by atoms with Crippen LogP contribution in [0.4, 0.5) is 5.82 Å². The number of methoxy groups -OCH3 is 1. The van der Waals surface area contributed by atoms with E-state index in [4.69, 9.17) is 10.5 Å². The summed E-state index contributed by atoms with van der Waals surface area (Å²) in [6, 6.07) is 1.70. The summed E-state index contributed by atoms with van der Waals surface area (Å²) < 4.78 is 6.68. The van der Waals surface area contributed by atoms with E-state index in [2.05, 4.69) is 10.00 Å². The molecule has 7 nitrogen and oxygen atoms in total. The van der Waals surface area contributed by atoms with Crippen molar-refractivity contribution in [2.45, 2.75) is 13.0 Å². The van der Waals surface area contributed by atoms with Crippen LogP contribution in [-0.2, 0) is 16.1 Å². The zero-order chi connectivity index (χ0) is 14.4. The Hall–Kier alpha value is -1.60. The number of nitrogen functional groups attached to an aromatic ring is 1. The minimum atomic E-state index is 0.0988. The molecular formula is C13H23N5O2. The van der Waals surface area contributed by atoms with Gasteiger partial charge in [0.05, 0.1) is 6.61 Å². The van der Waals surface area contributed by atoms with E-state index < -0.39 is 0 Å². The third-order valence-corrected chi connectivity index (χ3v) is 3.51. The first-order valence-corrected chi connectivity index (χ1v) is 6.97. The number of hydrogen-bond donors (Lipinski definition) is 1. The molecule has 0 radical (unpaired) electrons. The number of carbonyl (C=O) groups excluding carboxylic acids is 1. The van der Waals surface area contributed by atoms with E-state index in [0.29, 0.717) is 5.82 Å². The fraction of sp³-hybridized carbons (Fsp3) is 0.692. The lowest BCUT2D eigenvalue weighted by atomic mass is 10.3. The molecule has 112 valence electrons. The van der Waals surface area contributed by atoms with Crippen molar-refractivity contribution in [2.75, 3.05) is 52.2 Å². The van der Waals surface area contributed by atoms with Crippen molar-refractivity contribution in [1.29, 1.82) is 0 Å². The predicted octanol–water partition coefficient (Wildman–Crippen LogP) is -0.354. The van der Waals surface area contributed by atoms with Gasteiger partial charge in [-0.15, -0.1) is 0 Å². The van der Waals surface area contributed by atoms with Gasteiger partial charge in [0.15, 0.2) is 0 Å². The zero-order valence-electron chi connectivity index (χ0n) is 12.0. The second-order valence-corrected chi connectivity index (χ2v) is 5.01. The van der Waals surface area contributed by atoms with Gasteiger partial charge in [0.2, 0.25) is 5.91 Å². The van der Waals surface area contributed by atoms with Gasteiger partial charge in [0.1, 0.15) is 12.4 Å². The summed E-state index contributed by atoms with van der Waals surface area (Å²) in [5.74, 6) is 0.543. The SMILES string of the molecule is COCCN1CCCN(C(=O)Cn2ccc(N)n2)CC1. The summed E-state index contributed by atoms with van der Waals surface area (Å²) in [5, 5.41) is 4.04. The summed E-state index contributed by atoms with van der Waals surface area (Å²) >= 11 is 0. The highest BCUT2D eigenvalue weighted by Gasteiger charge is 2.19. The molecule has 1 aromatic rings. The van der Waals surface area contributed by atoms with Crippen LogP contribution in [0.1, 0.15) is 6.42 Å². The van der Waals surface area contributed by atoms with Crippen LogP contribution >= 0.6 is 0 Å². The maximum atomic E-state index is 12.2. The van der Waals surface area contributed by atoms with Gasteiger partial charge in [0.25, 0.3) is 0 Å². The van der Waals surface area contributed by atoms with Crippen molar-refractivity contribution >= 4 is 11.7 Å². The largest absolute Gasteiger partial charge is 0.383 e. The molecule has 2 rings (SSSR count). The van der Waals surface area contributed by atoms with Gasteiger partial charge >= 0.3 is 0 Å². The van der Waals surface area contributed by atoms with Crippen molar-refractivity contribution in [1.82, 2.24) is 19.6 Å². The van der Waals surface area contributed by atoms with Gasteiger partial charge < -0.3 is 15.4 Å². The Balaban J connectivity index is 1.82. The second-order valence-electron chi connectivity index (χ2n) is 5.01. The van der Waals surface area contributed by atoms with Gasteiger partial charge in [-0.1, -0.05) is 0 Å². The van der Waals surface area contributed by atoms with Crippen LogP contribution in [0.15, 0.2) is 12.3 Å². The molecule has 0 spiro atoms. The van der Waals surface area contributed by atoms with Crippen molar-refractivity contribution in [3.05, 3.63) is 12.3 Å². The number of carbonyl (C=O) groups is 1. The van der Waals surface area contributed by atoms with Crippen LogP contribution in [-0.4, -0.2) is 71.9 Å². The van der Waals surface area contributed by atoms with E-state index in [9.17, 15) is 4.79 Å². The molecule has 1 fully saturated rings. The lowest BCUT2D eigenvalue weighted by Crippen LogP contribution is -2.37. The average Bonchev–Trinajstić information content (AvgIpc) is 2.71. The molecule has 1 aromatic heterocycles. The summed E-state index contributed by atoms with van der Waals surface area (Å²) in [5.41, 5.74) is 5.55. The molecule has 7 heteroatoms. The predicted molar refractivity (Wildman–Crippen MR) is 76.2 cm³/mol. The molecule has 1 saturated heterocycles. The molecule has 2 heterocycles. The highest BCUT2D eigenvalue weighted by Crippen LogP contribution is 2.05. The summed E-state index contributed by atoms with van der Waals surface area (Å²) in [7, 11) is 1.71. The summed E-state index contributed by atoms with van der Waals surface area (Å²) in [6.07, 6.45) is 2.73. The van der Waals surface area contributed by atoms with Crippen molar-refractivity contribution in [2.24, 2.45) is 0 Å². The number of ether oxygens (including phenoxy) is 1. The van der Waals surface area contributed by atoms with Crippen LogP contribution in [0.25, 0.3) is 0 Å². The highest BCUT2D eigenvalue weighted by atomic mass is 16.5. The quantitative estimate of drug-likeness (QED) is 0.798. The van der Waals surface area contributed by atoms with Crippen molar-refractivity contribution in [3.8, 4) is 0 Å². The van der Waals surface area contributed by atoms with Crippen molar-refractivity contribution < 1.29 is 9.53 Å². The Morgan fingerprint density at radius 2 is 2.25 bits per heavy atom. The monoisotopic (exact) mass is 281 g/mol. The van der Waals surface area contributed by atoms with E-state index in [1.165, 1.54) is 0 Å². The van der Waals surface area contributed by atoms with E-state index in [1.807, 2.05) is 4.90 Å². The van der Waals surface area contributed by atoms with Crippen LogP contribution in [0.3, 0.4) is 0 Å². The number of nitrogens with zero attached hydrogens (tertiary/aromatic N) is 4. The standard InChI is InChI=1S/C13H23N5O2/c1-20-10-9-16-4-2-5-17(8-7-16)13(19)11-18-6-3-12(14)15-18/h3,6H,2,4-5,7-11H2,1H3,(H2,14,15). The van der Waals surface area contributed by atoms with Gasteiger partial charge in [-0.2, -0.15) is 5.10 Å². The second kappa shape index (κ2) is 7.25. The lowest BCUT2D eigenvalue weighted by molar-refractivity contribution is -0.131. The Morgan fingerprint density at radius 1 is 1.40 bits per heavy atom. The Kier molecular flexibility index (Phi) is 5.37. The first kappa shape index (κ1) is 14.8. The minimum Gasteiger partial charge on any atom is -0.383 e. The molecule has 0 saturated carbocycles. The molecule has 1 amide bonds. The lowest BCUT2D eigenvalue weighted by Gasteiger charge is -2.21. The zero-order valence-corrected chi connectivity index (χ0v) is 12.0. The smallest absolute Gasteiger partial charge is 0.244 e. The van der Waals surface area contributed by atoms with Crippen LogP contribution < -0.4 is 5.73 Å². The Bertz CT molecular complexity index is 434. The van der Waals surface area contributed by atoms with E-state index in [0.717, 1.165) is 45.8 Å². The van der Waals surface area contributed by atoms with E-state index >= 15 is 0 Å². The first-order valence-electron chi connectivity index (χ1n) is 6.97. The fourth-order valence-corrected chi connectivity index (χ4v) is 2.37. The maximum Gasteiger partial charge on any atom is 0.244 e. The molecule has 2 N–H and O–H groups in total. The number of amides is 1. The molecular weight excluding hydrogens is 258 g/mol. The third kappa shape index (κ3) is 4.21. The molecule has 0 bridgehead atoms. The van der Waals surface area contributed by atoms with E-state index in [-0.39, 0.29) is 12.5 Å². The van der Waals surface area contributed by atoms with Gasteiger partial charge in [-0.05, 0) is 19.0 Å². The van der Waals surface area contributed by atoms with Crippen LogP contribution in [0.5, 0.6) is 0 Å². The number of nitrogens with two attached hydrogens (primary N) is 1. The van der Waals surface area contributed by atoms with Crippen LogP contribution in [0, 0.1) is 0 Å². The van der Waals surface area contributed by atoms with Gasteiger partial charge in [0, 0.05) is 39.5 Å². The molecule has 0 aromatic carbocycles. The van der Waals surface area contributed by atoms with Crippen molar-refractivity contribution in [3.63, 3.8) is 0 Å². The maximum absolute atomic E-state index is 12.2. The number of hydrogen-bond acceptors (Lipinski definition) is 5. The molecule has 20 heavy (non-hydrogen) atoms. The molecule has 0 aliphatic carbocycles. The minimum absolute atomic E-state index is 0.0988. The summed E-state index contributed by atoms with van der Waals surface area (Å²) in [4.78, 5) is 16.5. The molecule has 0 unspecified atom stereocenters. The fourth-order valence-electron chi connectivity index (χ4n) is 2.37. The molecule has 0 atom stereocenters. The number of anilines is 1. The molecule has 1 aliphatic rings. The topological polar surface area (TPSA) is 76.6 Å². The van der Waals surface area contributed by atoms with Gasteiger partial charge in [-0.3, -0.25) is 14.4 Å².